The van der Waals surface area contributed by atoms with Crippen LogP contribution in [0.25, 0.3) is 11.3 Å². The Hall–Kier alpha value is -3.34. The SMILES string of the molecule is O=C(O)c1cccc(-c2ccc(/C=N\Nc3ccccc3)o2)c1. The van der Waals surface area contributed by atoms with Gasteiger partial charge in [0.2, 0.25) is 0 Å². The number of carboxylic acid groups (broad SMARTS) is 1. The van der Waals surface area contributed by atoms with Crippen molar-refractivity contribution in [3.05, 3.63) is 78.1 Å². The molecule has 0 aliphatic heterocycles. The number of hydrogen-bond donors (Lipinski definition) is 2. The Labute approximate surface area is 132 Å². The molecule has 0 fully saturated rings. The van der Waals surface area contributed by atoms with Gasteiger partial charge in [-0.25, -0.2) is 4.79 Å². The molecule has 5 nitrogen and oxygen atoms in total. The van der Waals surface area contributed by atoms with Crippen LogP contribution in [0.4, 0.5) is 5.69 Å². The van der Waals surface area contributed by atoms with E-state index in [9.17, 15) is 4.79 Å². The third-order valence-electron chi connectivity index (χ3n) is 3.18. The number of carboxylic acids is 1. The molecule has 3 aromatic rings. The molecule has 1 heterocycles. The molecule has 0 aliphatic rings. The molecule has 0 spiro atoms. The van der Waals surface area contributed by atoms with Crippen molar-refractivity contribution in [1.29, 1.82) is 0 Å². The fraction of sp³-hybridized carbons (Fsp3) is 0. The van der Waals surface area contributed by atoms with Gasteiger partial charge in [-0.05, 0) is 36.4 Å². The highest BCUT2D eigenvalue weighted by Gasteiger charge is 2.07. The first-order valence-electron chi connectivity index (χ1n) is 7.00. The maximum atomic E-state index is 11.0. The molecule has 23 heavy (non-hydrogen) atoms. The van der Waals surface area contributed by atoms with Crippen LogP contribution in [-0.4, -0.2) is 17.3 Å². The lowest BCUT2D eigenvalue weighted by atomic mass is 10.1. The summed E-state index contributed by atoms with van der Waals surface area (Å²) in [5, 5.41) is 13.1. The minimum Gasteiger partial charge on any atom is -0.478 e. The second kappa shape index (κ2) is 6.62. The van der Waals surface area contributed by atoms with E-state index in [0.29, 0.717) is 17.1 Å². The Morgan fingerprint density at radius 2 is 1.87 bits per heavy atom. The normalized spacial score (nSPS) is 10.8. The van der Waals surface area contributed by atoms with Crippen molar-refractivity contribution in [2.75, 3.05) is 5.43 Å². The molecule has 0 radical (unpaired) electrons. The van der Waals surface area contributed by atoms with Crippen molar-refractivity contribution in [2.24, 2.45) is 5.10 Å². The van der Waals surface area contributed by atoms with Crippen molar-refractivity contribution < 1.29 is 14.3 Å². The number of hydrazone groups is 1. The summed E-state index contributed by atoms with van der Waals surface area (Å²) in [5.41, 5.74) is 4.71. The van der Waals surface area contributed by atoms with Gasteiger partial charge in [-0.2, -0.15) is 5.10 Å². The largest absolute Gasteiger partial charge is 0.478 e. The molecule has 0 saturated heterocycles. The van der Waals surface area contributed by atoms with Gasteiger partial charge in [0, 0.05) is 5.56 Å². The van der Waals surface area contributed by atoms with Gasteiger partial charge in [-0.15, -0.1) is 0 Å². The predicted octanol–water partition coefficient (Wildman–Crippen LogP) is 4.09. The van der Waals surface area contributed by atoms with E-state index < -0.39 is 5.97 Å². The van der Waals surface area contributed by atoms with E-state index in [2.05, 4.69) is 10.5 Å². The van der Waals surface area contributed by atoms with Crippen LogP contribution < -0.4 is 5.43 Å². The van der Waals surface area contributed by atoms with Gasteiger partial charge in [0.05, 0.1) is 17.5 Å². The molecule has 0 amide bonds. The number of benzene rings is 2. The predicted molar refractivity (Wildman–Crippen MR) is 88.8 cm³/mol. The molecule has 2 N–H and O–H groups in total. The fourth-order valence-corrected chi connectivity index (χ4v) is 2.07. The van der Waals surface area contributed by atoms with Crippen LogP contribution in [0.5, 0.6) is 0 Å². The van der Waals surface area contributed by atoms with Crippen molar-refractivity contribution in [3.8, 4) is 11.3 Å². The summed E-state index contributed by atoms with van der Waals surface area (Å²) in [6.07, 6.45) is 1.57. The lowest BCUT2D eigenvalue weighted by Gasteiger charge is -1.99. The first-order chi connectivity index (χ1) is 11.2. The highest BCUT2D eigenvalue weighted by Crippen LogP contribution is 2.22. The number of carbonyl (C=O) groups is 1. The molecule has 0 aliphatic carbocycles. The third-order valence-corrected chi connectivity index (χ3v) is 3.18. The Balaban J connectivity index is 1.73. The van der Waals surface area contributed by atoms with E-state index in [1.807, 2.05) is 30.3 Å². The summed E-state index contributed by atoms with van der Waals surface area (Å²) >= 11 is 0. The molecule has 5 heteroatoms. The minimum absolute atomic E-state index is 0.222. The molecule has 0 atom stereocenters. The summed E-state index contributed by atoms with van der Waals surface area (Å²) < 4.78 is 5.66. The van der Waals surface area contributed by atoms with Crippen LogP contribution in [0.15, 0.2) is 76.2 Å². The number of furan rings is 1. The summed E-state index contributed by atoms with van der Waals surface area (Å²) in [4.78, 5) is 11.0. The number of anilines is 1. The summed E-state index contributed by atoms with van der Waals surface area (Å²) in [7, 11) is 0. The number of aromatic carboxylic acids is 1. The smallest absolute Gasteiger partial charge is 0.335 e. The highest BCUT2D eigenvalue weighted by atomic mass is 16.4. The molecular weight excluding hydrogens is 292 g/mol. The average Bonchev–Trinajstić information content (AvgIpc) is 3.05. The monoisotopic (exact) mass is 306 g/mol. The highest BCUT2D eigenvalue weighted by molar-refractivity contribution is 5.89. The van der Waals surface area contributed by atoms with Gasteiger partial charge in [0.1, 0.15) is 11.5 Å². The molecular formula is C18H14N2O3. The van der Waals surface area contributed by atoms with Crippen LogP contribution in [0.2, 0.25) is 0 Å². The Kier molecular flexibility index (Phi) is 4.20. The van der Waals surface area contributed by atoms with Crippen LogP contribution >= 0.6 is 0 Å². The summed E-state index contributed by atoms with van der Waals surface area (Å²) in [6, 6.07) is 19.7. The third kappa shape index (κ3) is 3.65. The molecule has 1 aromatic heterocycles. The quantitative estimate of drug-likeness (QED) is 0.550. The van der Waals surface area contributed by atoms with Crippen LogP contribution in [0, 0.1) is 0 Å². The number of hydrogen-bond acceptors (Lipinski definition) is 4. The first-order valence-corrected chi connectivity index (χ1v) is 7.00. The number of nitrogens with one attached hydrogen (secondary N) is 1. The summed E-state index contributed by atoms with van der Waals surface area (Å²) in [5.74, 6) is 0.200. The van der Waals surface area contributed by atoms with Crippen molar-refractivity contribution in [1.82, 2.24) is 0 Å². The van der Waals surface area contributed by atoms with Gasteiger partial charge in [-0.3, -0.25) is 5.43 Å². The van der Waals surface area contributed by atoms with Gasteiger partial charge in [0.25, 0.3) is 0 Å². The zero-order chi connectivity index (χ0) is 16.1. The number of nitrogens with zero attached hydrogens (tertiary/aromatic N) is 1. The van der Waals surface area contributed by atoms with Gasteiger partial charge in [0.15, 0.2) is 0 Å². The molecule has 3 rings (SSSR count). The lowest BCUT2D eigenvalue weighted by molar-refractivity contribution is 0.0697. The summed E-state index contributed by atoms with van der Waals surface area (Å²) in [6.45, 7) is 0. The lowest BCUT2D eigenvalue weighted by Crippen LogP contribution is -1.95. The van der Waals surface area contributed by atoms with Gasteiger partial charge < -0.3 is 9.52 Å². The average molecular weight is 306 g/mol. The van der Waals surface area contributed by atoms with Crippen LogP contribution in [0.3, 0.4) is 0 Å². The molecule has 2 aromatic carbocycles. The zero-order valence-electron chi connectivity index (χ0n) is 12.1. The van der Waals surface area contributed by atoms with Crippen LogP contribution in [-0.2, 0) is 0 Å². The second-order valence-corrected chi connectivity index (χ2v) is 4.82. The Bertz CT molecular complexity index is 838. The standard InChI is InChI=1S/C18H14N2O3/c21-18(22)14-6-4-5-13(11-14)17-10-9-16(23-17)12-19-20-15-7-2-1-3-8-15/h1-12,20H,(H,21,22)/b19-12-. The topological polar surface area (TPSA) is 74.8 Å². The van der Waals surface area contributed by atoms with Crippen molar-refractivity contribution in [2.45, 2.75) is 0 Å². The van der Waals surface area contributed by atoms with E-state index in [1.165, 1.54) is 0 Å². The van der Waals surface area contributed by atoms with Crippen molar-refractivity contribution in [3.63, 3.8) is 0 Å². The van der Waals surface area contributed by atoms with E-state index in [1.54, 1.807) is 42.6 Å². The molecule has 114 valence electrons. The number of rotatable bonds is 5. The second-order valence-electron chi connectivity index (χ2n) is 4.82. The maximum Gasteiger partial charge on any atom is 0.335 e. The van der Waals surface area contributed by atoms with E-state index in [0.717, 1.165) is 5.69 Å². The fourth-order valence-electron chi connectivity index (χ4n) is 2.07. The van der Waals surface area contributed by atoms with Gasteiger partial charge in [-0.1, -0.05) is 30.3 Å². The van der Waals surface area contributed by atoms with Crippen molar-refractivity contribution >= 4 is 17.9 Å². The van der Waals surface area contributed by atoms with E-state index in [4.69, 9.17) is 9.52 Å². The zero-order valence-corrected chi connectivity index (χ0v) is 12.1. The minimum atomic E-state index is -0.966. The molecule has 0 bridgehead atoms. The van der Waals surface area contributed by atoms with E-state index >= 15 is 0 Å². The Morgan fingerprint density at radius 3 is 2.65 bits per heavy atom. The van der Waals surface area contributed by atoms with E-state index in [-0.39, 0.29) is 5.56 Å². The Morgan fingerprint density at radius 1 is 1.04 bits per heavy atom. The maximum absolute atomic E-state index is 11.0. The van der Waals surface area contributed by atoms with Crippen LogP contribution in [0.1, 0.15) is 16.1 Å². The molecule has 0 unspecified atom stereocenters. The van der Waals surface area contributed by atoms with Gasteiger partial charge >= 0.3 is 5.97 Å². The number of para-hydroxylation sites is 1. The first kappa shape index (κ1) is 14.6. The molecule has 0 saturated carbocycles.